The van der Waals surface area contributed by atoms with Gasteiger partial charge >= 0.3 is 11.9 Å². The fourth-order valence-corrected chi connectivity index (χ4v) is 6.47. The highest BCUT2D eigenvalue weighted by Gasteiger charge is 2.28. The van der Waals surface area contributed by atoms with Crippen LogP contribution in [0.4, 0.5) is 5.00 Å². The molecule has 194 valence electrons. The van der Waals surface area contributed by atoms with E-state index in [4.69, 9.17) is 14.5 Å². The van der Waals surface area contributed by atoms with Gasteiger partial charge in [0.2, 0.25) is 0 Å². The lowest BCUT2D eigenvalue weighted by Crippen LogP contribution is -2.30. The second-order valence-electron chi connectivity index (χ2n) is 9.53. The molecule has 0 spiro atoms. The number of hydrogen-bond donors (Lipinski definition) is 1. The maximum atomic E-state index is 13.3. The molecule has 0 saturated heterocycles. The molecule has 1 aliphatic heterocycles. The highest BCUT2D eigenvalue weighted by molar-refractivity contribution is 7.17. The number of nitrogens with zero attached hydrogens (tertiary/aromatic N) is 2. The van der Waals surface area contributed by atoms with E-state index in [1.807, 2.05) is 31.3 Å². The quantitative estimate of drug-likeness (QED) is 0.376. The molecule has 1 amide bonds. The molecule has 2 aromatic heterocycles. The first-order chi connectivity index (χ1) is 18.0. The fourth-order valence-electron chi connectivity index (χ4n) is 5.17. The summed E-state index contributed by atoms with van der Waals surface area (Å²) in [7, 11) is 2.00. The zero-order chi connectivity index (χ0) is 25.9. The predicted octanol–water partition coefficient (Wildman–Crippen LogP) is 4.53. The minimum atomic E-state index is -0.548. The van der Waals surface area contributed by atoms with Crippen LogP contribution in [0, 0.1) is 0 Å². The van der Waals surface area contributed by atoms with Crippen molar-refractivity contribution in [3.8, 4) is 0 Å². The van der Waals surface area contributed by atoms with Gasteiger partial charge in [0.15, 0.2) is 6.61 Å². The number of fused-ring (bicyclic) bond motifs is 3. The second kappa shape index (κ2) is 11.0. The third-order valence-electron chi connectivity index (χ3n) is 6.93. The van der Waals surface area contributed by atoms with Crippen molar-refractivity contribution in [1.82, 2.24) is 9.88 Å². The Labute approximate surface area is 220 Å². The number of aryl methyl sites for hydroxylation is 1. The van der Waals surface area contributed by atoms with Crippen LogP contribution in [-0.2, 0) is 40.1 Å². The van der Waals surface area contributed by atoms with Gasteiger partial charge in [-0.2, -0.15) is 0 Å². The second-order valence-corrected chi connectivity index (χ2v) is 10.6. The number of rotatable bonds is 6. The third-order valence-corrected chi connectivity index (χ3v) is 8.14. The van der Waals surface area contributed by atoms with E-state index in [0.29, 0.717) is 28.1 Å². The van der Waals surface area contributed by atoms with Crippen molar-refractivity contribution in [2.75, 3.05) is 32.1 Å². The van der Waals surface area contributed by atoms with Crippen molar-refractivity contribution < 1.29 is 23.9 Å². The van der Waals surface area contributed by atoms with Gasteiger partial charge in [-0.1, -0.05) is 24.6 Å². The van der Waals surface area contributed by atoms with Crippen molar-refractivity contribution in [2.45, 2.75) is 52.0 Å². The Kier molecular flexibility index (Phi) is 7.53. The molecule has 3 aromatic rings. The first-order valence-corrected chi connectivity index (χ1v) is 13.7. The Morgan fingerprint density at radius 3 is 2.62 bits per heavy atom. The molecule has 0 unspecified atom stereocenters. The number of pyridine rings is 1. The van der Waals surface area contributed by atoms with Crippen molar-refractivity contribution in [3.05, 3.63) is 57.1 Å². The number of thiophene rings is 1. The number of benzene rings is 1. The molecule has 0 atom stereocenters. The van der Waals surface area contributed by atoms with E-state index in [9.17, 15) is 14.4 Å². The number of aromatic nitrogens is 1. The van der Waals surface area contributed by atoms with Gasteiger partial charge in [0.05, 0.1) is 23.3 Å². The van der Waals surface area contributed by atoms with Crippen LogP contribution in [0.25, 0.3) is 10.9 Å². The molecule has 3 heterocycles. The Balaban J connectivity index is 1.36. The Bertz CT molecular complexity index is 1370. The van der Waals surface area contributed by atoms with Crippen LogP contribution in [0.2, 0.25) is 0 Å². The largest absolute Gasteiger partial charge is 0.462 e. The number of carbonyl (C=O) groups excluding carboxylic acids is 3. The fraction of sp³-hybridized carbons (Fsp3) is 0.429. The van der Waals surface area contributed by atoms with Gasteiger partial charge < -0.3 is 19.7 Å². The molecule has 2 aliphatic rings. The van der Waals surface area contributed by atoms with Crippen molar-refractivity contribution in [3.63, 3.8) is 0 Å². The molecular weight excluding hydrogens is 490 g/mol. The molecule has 1 aromatic carbocycles. The van der Waals surface area contributed by atoms with E-state index in [-0.39, 0.29) is 6.61 Å². The minimum absolute atomic E-state index is 0.258. The van der Waals surface area contributed by atoms with E-state index in [1.165, 1.54) is 11.3 Å². The van der Waals surface area contributed by atoms with Crippen molar-refractivity contribution in [2.24, 2.45) is 0 Å². The zero-order valence-corrected chi connectivity index (χ0v) is 22.0. The molecule has 8 nitrogen and oxygen atoms in total. The van der Waals surface area contributed by atoms with Crippen LogP contribution in [-0.4, -0.2) is 54.5 Å². The Hall–Kier alpha value is -3.30. The summed E-state index contributed by atoms with van der Waals surface area (Å²) in [4.78, 5) is 47.0. The lowest BCUT2D eigenvalue weighted by molar-refractivity contribution is -0.119. The van der Waals surface area contributed by atoms with E-state index in [0.717, 1.165) is 72.3 Å². The first-order valence-electron chi connectivity index (χ1n) is 12.8. The molecule has 37 heavy (non-hydrogen) atoms. The number of likely N-dealkylation sites (N-methyl/N-ethyl adjacent to an activating group) is 1. The summed E-state index contributed by atoms with van der Waals surface area (Å²) in [6.07, 6.45) is 5.59. The molecule has 0 fully saturated rings. The van der Waals surface area contributed by atoms with Gasteiger partial charge in [-0.3, -0.25) is 9.78 Å². The number of carbonyl (C=O) groups is 3. The van der Waals surface area contributed by atoms with Gasteiger partial charge in [-0.05, 0) is 51.3 Å². The topological polar surface area (TPSA) is 97.8 Å². The first kappa shape index (κ1) is 25.4. The SMILES string of the molecule is CCOC(=O)c1c(NC(=O)COC(=O)c2c3c(nc4ccccc24)CCN(C)C3)sc2c1CCCCC2. The molecule has 0 radical (unpaired) electrons. The van der Waals surface area contributed by atoms with Gasteiger partial charge in [-0.15, -0.1) is 11.3 Å². The van der Waals surface area contributed by atoms with Gasteiger partial charge in [0, 0.05) is 41.0 Å². The van der Waals surface area contributed by atoms with E-state index in [2.05, 4.69) is 10.2 Å². The third kappa shape index (κ3) is 5.24. The van der Waals surface area contributed by atoms with Crippen LogP contribution in [0.1, 0.15) is 68.6 Å². The summed E-state index contributed by atoms with van der Waals surface area (Å²) in [5.41, 5.74) is 4.38. The lowest BCUT2D eigenvalue weighted by atomic mass is 9.96. The zero-order valence-electron chi connectivity index (χ0n) is 21.2. The number of nitrogens with one attached hydrogen (secondary N) is 1. The molecular formula is C28H31N3O5S. The average molecular weight is 522 g/mol. The predicted molar refractivity (Wildman–Crippen MR) is 142 cm³/mol. The number of ether oxygens (including phenoxy) is 2. The summed E-state index contributed by atoms with van der Waals surface area (Å²) in [5.74, 6) is -1.46. The van der Waals surface area contributed by atoms with Crippen LogP contribution in [0.5, 0.6) is 0 Å². The monoisotopic (exact) mass is 521 g/mol. The lowest BCUT2D eigenvalue weighted by Gasteiger charge is -2.26. The molecule has 1 N–H and O–H groups in total. The van der Waals surface area contributed by atoms with Crippen LogP contribution < -0.4 is 5.32 Å². The highest BCUT2D eigenvalue weighted by Crippen LogP contribution is 2.38. The van der Waals surface area contributed by atoms with E-state index in [1.54, 1.807) is 6.92 Å². The summed E-state index contributed by atoms with van der Waals surface area (Å²) in [6, 6.07) is 7.50. The standard InChI is InChI=1S/C28H31N3O5S/c1-3-35-28(34)25-18-10-5-4-6-12-22(18)37-26(25)30-23(32)16-36-27(33)24-17-9-7-8-11-20(17)29-21-13-14-31(2)15-19(21)24/h7-9,11H,3-6,10,12-16H2,1-2H3,(H,30,32). The Morgan fingerprint density at radius 1 is 1.00 bits per heavy atom. The number of amides is 1. The number of hydrogen-bond acceptors (Lipinski definition) is 8. The van der Waals surface area contributed by atoms with E-state index < -0.39 is 24.5 Å². The van der Waals surface area contributed by atoms with Crippen molar-refractivity contribution in [1.29, 1.82) is 0 Å². The Morgan fingerprint density at radius 2 is 1.78 bits per heavy atom. The minimum Gasteiger partial charge on any atom is -0.462 e. The average Bonchev–Trinajstić information content (AvgIpc) is 3.05. The van der Waals surface area contributed by atoms with Crippen LogP contribution in [0.15, 0.2) is 24.3 Å². The molecule has 0 bridgehead atoms. The molecule has 1 aliphatic carbocycles. The number of anilines is 1. The van der Waals surface area contributed by atoms with E-state index >= 15 is 0 Å². The van der Waals surface area contributed by atoms with Gasteiger partial charge in [0.1, 0.15) is 5.00 Å². The summed E-state index contributed by atoms with van der Waals surface area (Å²) in [6.45, 7) is 3.02. The smallest absolute Gasteiger partial charge is 0.341 e. The van der Waals surface area contributed by atoms with Gasteiger partial charge in [0.25, 0.3) is 5.91 Å². The number of para-hydroxylation sites is 1. The highest BCUT2D eigenvalue weighted by atomic mass is 32.1. The van der Waals surface area contributed by atoms with Gasteiger partial charge in [-0.25, -0.2) is 9.59 Å². The summed E-state index contributed by atoms with van der Waals surface area (Å²) in [5, 5.41) is 4.01. The number of esters is 2. The normalized spacial score (nSPS) is 15.4. The molecule has 9 heteroatoms. The summed E-state index contributed by atoms with van der Waals surface area (Å²) >= 11 is 1.42. The summed E-state index contributed by atoms with van der Waals surface area (Å²) < 4.78 is 10.8. The van der Waals surface area contributed by atoms with Crippen LogP contribution >= 0.6 is 11.3 Å². The maximum absolute atomic E-state index is 13.3. The van der Waals surface area contributed by atoms with Crippen LogP contribution in [0.3, 0.4) is 0 Å². The molecule has 0 saturated carbocycles. The maximum Gasteiger partial charge on any atom is 0.341 e. The van der Waals surface area contributed by atoms with Crippen molar-refractivity contribution >= 4 is 45.1 Å². The molecule has 5 rings (SSSR count).